The quantitative estimate of drug-likeness (QED) is 0.674. The van der Waals surface area contributed by atoms with Crippen molar-refractivity contribution in [3.05, 3.63) is 36.0 Å². The number of nitrogens with zero attached hydrogens (tertiary/aromatic N) is 2. The Bertz CT molecular complexity index is 606. The van der Waals surface area contributed by atoms with Crippen molar-refractivity contribution in [2.75, 3.05) is 19.3 Å². The molecule has 2 aromatic heterocycles. The van der Waals surface area contributed by atoms with E-state index >= 15 is 0 Å². The predicted octanol–water partition coefficient (Wildman–Crippen LogP) is 2.92. The molecule has 2 aromatic rings. The van der Waals surface area contributed by atoms with Gasteiger partial charge in [0.15, 0.2) is 0 Å². The summed E-state index contributed by atoms with van der Waals surface area (Å²) in [5, 5.41) is 0.905. The van der Waals surface area contributed by atoms with Gasteiger partial charge in [0.1, 0.15) is 4.88 Å². The minimum Gasteiger partial charge on any atom is -0.397 e. The van der Waals surface area contributed by atoms with E-state index in [-0.39, 0.29) is 5.91 Å². The van der Waals surface area contributed by atoms with Gasteiger partial charge >= 0.3 is 0 Å². The van der Waals surface area contributed by atoms with Crippen LogP contribution in [0.3, 0.4) is 0 Å². The Kier molecular flexibility index (Phi) is 4.16. The Morgan fingerprint density at radius 2 is 2.42 bits per heavy atom. The summed E-state index contributed by atoms with van der Waals surface area (Å²) in [6, 6.07) is 1.84. The van der Waals surface area contributed by atoms with Gasteiger partial charge in [0.25, 0.3) is 5.91 Å². The van der Waals surface area contributed by atoms with E-state index in [0.717, 1.165) is 22.9 Å². The molecule has 0 atom stereocenters. The monoisotopic (exact) mass is 275 g/mol. The van der Waals surface area contributed by atoms with Crippen molar-refractivity contribution in [3.8, 4) is 0 Å². The van der Waals surface area contributed by atoms with Crippen LogP contribution in [0.2, 0.25) is 0 Å². The van der Waals surface area contributed by atoms with Gasteiger partial charge < -0.3 is 10.6 Å². The number of hydrogen-bond acceptors (Lipinski definition) is 4. The zero-order valence-electron chi connectivity index (χ0n) is 10.9. The van der Waals surface area contributed by atoms with Crippen LogP contribution >= 0.6 is 11.3 Å². The Labute approximate surface area is 116 Å². The first-order valence-corrected chi connectivity index (χ1v) is 6.95. The van der Waals surface area contributed by atoms with Crippen molar-refractivity contribution in [2.24, 2.45) is 0 Å². The summed E-state index contributed by atoms with van der Waals surface area (Å²) in [4.78, 5) is 18.7. The summed E-state index contributed by atoms with van der Waals surface area (Å²) in [6.45, 7) is 4.38. The number of rotatable bonds is 5. The molecule has 0 aliphatic carbocycles. The third kappa shape index (κ3) is 2.76. The molecule has 2 rings (SSSR count). The number of amides is 1. The van der Waals surface area contributed by atoms with Crippen LogP contribution in [-0.2, 0) is 0 Å². The molecule has 0 aliphatic heterocycles. The number of unbranched alkanes of at least 4 members (excludes halogenated alkanes) is 1. The third-order valence-corrected chi connectivity index (χ3v) is 4.12. The van der Waals surface area contributed by atoms with E-state index in [1.165, 1.54) is 11.3 Å². The molecular weight excluding hydrogens is 258 g/mol. The fourth-order valence-corrected chi connectivity index (χ4v) is 2.96. The first-order valence-electron chi connectivity index (χ1n) is 6.13. The number of nitrogens with two attached hydrogens (primary N) is 1. The Hall–Kier alpha value is -1.88. The second-order valence-corrected chi connectivity index (χ2v) is 5.43. The van der Waals surface area contributed by atoms with Gasteiger partial charge in [-0.3, -0.25) is 9.78 Å². The average molecular weight is 275 g/mol. The van der Waals surface area contributed by atoms with Crippen LogP contribution < -0.4 is 5.73 Å². The standard InChI is InChI=1S/C14H17N3OS/c1-3-4-5-8-17(2)14(18)13-12(15)10-6-7-16-9-11(10)19-13/h3,6-7,9H,1,4-5,8,15H2,2H3. The summed E-state index contributed by atoms with van der Waals surface area (Å²) in [5.74, 6) is -0.0252. The number of pyridine rings is 1. The number of allylic oxidation sites excluding steroid dienone is 1. The number of fused-ring (bicyclic) bond motifs is 1. The molecule has 0 unspecified atom stereocenters. The molecule has 0 bridgehead atoms. The van der Waals surface area contributed by atoms with E-state index in [2.05, 4.69) is 11.6 Å². The topological polar surface area (TPSA) is 59.2 Å². The zero-order chi connectivity index (χ0) is 13.8. The van der Waals surface area contributed by atoms with Crippen molar-refractivity contribution < 1.29 is 4.79 Å². The normalized spacial score (nSPS) is 10.6. The van der Waals surface area contributed by atoms with Crippen LogP contribution in [0, 0.1) is 0 Å². The molecule has 0 radical (unpaired) electrons. The van der Waals surface area contributed by atoms with E-state index in [1.807, 2.05) is 12.1 Å². The number of thiophene rings is 1. The Morgan fingerprint density at radius 1 is 1.63 bits per heavy atom. The molecule has 2 heterocycles. The lowest BCUT2D eigenvalue weighted by molar-refractivity contribution is 0.0799. The molecule has 0 aromatic carbocycles. The second-order valence-electron chi connectivity index (χ2n) is 4.37. The van der Waals surface area contributed by atoms with Gasteiger partial charge in [0.05, 0.1) is 10.4 Å². The first-order chi connectivity index (χ1) is 9.15. The van der Waals surface area contributed by atoms with Crippen molar-refractivity contribution in [3.63, 3.8) is 0 Å². The highest BCUT2D eigenvalue weighted by Crippen LogP contribution is 2.33. The van der Waals surface area contributed by atoms with Crippen molar-refractivity contribution in [1.29, 1.82) is 0 Å². The summed E-state index contributed by atoms with van der Waals surface area (Å²) in [6.07, 6.45) is 7.11. The maximum Gasteiger partial charge on any atom is 0.265 e. The minimum atomic E-state index is -0.0252. The van der Waals surface area contributed by atoms with Crippen LogP contribution in [0.1, 0.15) is 22.5 Å². The highest BCUT2D eigenvalue weighted by atomic mass is 32.1. The molecule has 5 heteroatoms. The number of nitrogen functional groups attached to an aromatic ring is 1. The first kappa shape index (κ1) is 13.5. The Morgan fingerprint density at radius 3 is 3.11 bits per heavy atom. The maximum absolute atomic E-state index is 12.3. The van der Waals surface area contributed by atoms with Gasteiger partial charge in [0.2, 0.25) is 0 Å². The largest absolute Gasteiger partial charge is 0.397 e. The molecular formula is C14H17N3OS. The second kappa shape index (κ2) is 5.84. The molecule has 1 amide bonds. The highest BCUT2D eigenvalue weighted by molar-refractivity contribution is 7.21. The third-order valence-electron chi connectivity index (χ3n) is 2.97. The van der Waals surface area contributed by atoms with Gasteiger partial charge in [-0.1, -0.05) is 6.08 Å². The SMILES string of the molecule is C=CCCCN(C)C(=O)c1sc2cnccc2c1N. The zero-order valence-corrected chi connectivity index (χ0v) is 11.7. The van der Waals surface area contributed by atoms with Crippen LogP contribution in [0.25, 0.3) is 10.1 Å². The number of carbonyl (C=O) groups excluding carboxylic acids is 1. The number of anilines is 1. The molecule has 0 spiro atoms. The van der Waals surface area contributed by atoms with Gasteiger partial charge in [0, 0.05) is 31.4 Å². The van der Waals surface area contributed by atoms with Gasteiger partial charge in [-0.2, -0.15) is 0 Å². The molecule has 0 fully saturated rings. The predicted molar refractivity (Wildman–Crippen MR) is 80.4 cm³/mol. The summed E-state index contributed by atoms with van der Waals surface area (Å²) in [7, 11) is 1.80. The Balaban J connectivity index is 2.21. The van der Waals surface area contributed by atoms with E-state index in [9.17, 15) is 4.79 Å². The van der Waals surface area contributed by atoms with E-state index < -0.39 is 0 Å². The molecule has 19 heavy (non-hydrogen) atoms. The van der Waals surface area contributed by atoms with Crippen molar-refractivity contribution >= 4 is 33.0 Å². The summed E-state index contributed by atoms with van der Waals surface area (Å²) in [5.41, 5.74) is 6.61. The molecule has 100 valence electrons. The van der Waals surface area contributed by atoms with Crippen LogP contribution in [0.5, 0.6) is 0 Å². The van der Waals surface area contributed by atoms with Crippen molar-refractivity contribution in [1.82, 2.24) is 9.88 Å². The number of carbonyl (C=O) groups is 1. The lowest BCUT2D eigenvalue weighted by Gasteiger charge is -2.16. The molecule has 0 aliphatic rings. The lowest BCUT2D eigenvalue weighted by Crippen LogP contribution is -2.27. The van der Waals surface area contributed by atoms with E-state index in [0.29, 0.717) is 17.1 Å². The fourth-order valence-electron chi connectivity index (χ4n) is 1.88. The lowest BCUT2D eigenvalue weighted by atomic mass is 10.2. The smallest absolute Gasteiger partial charge is 0.265 e. The van der Waals surface area contributed by atoms with Crippen LogP contribution in [0.15, 0.2) is 31.1 Å². The van der Waals surface area contributed by atoms with Gasteiger partial charge in [-0.25, -0.2) is 0 Å². The fraction of sp³-hybridized carbons (Fsp3) is 0.286. The van der Waals surface area contributed by atoms with E-state index in [4.69, 9.17) is 5.73 Å². The van der Waals surface area contributed by atoms with Crippen LogP contribution in [-0.4, -0.2) is 29.4 Å². The molecule has 0 saturated heterocycles. The molecule has 0 saturated carbocycles. The number of hydrogen-bond donors (Lipinski definition) is 1. The average Bonchev–Trinajstić information content (AvgIpc) is 2.76. The van der Waals surface area contributed by atoms with Gasteiger partial charge in [-0.15, -0.1) is 17.9 Å². The highest BCUT2D eigenvalue weighted by Gasteiger charge is 2.19. The van der Waals surface area contributed by atoms with E-state index in [1.54, 1.807) is 24.3 Å². The minimum absolute atomic E-state index is 0.0252. The molecule has 2 N–H and O–H groups in total. The van der Waals surface area contributed by atoms with Crippen molar-refractivity contribution in [2.45, 2.75) is 12.8 Å². The number of aromatic nitrogens is 1. The summed E-state index contributed by atoms with van der Waals surface area (Å²) >= 11 is 1.40. The van der Waals surface area contributed by atoms with Gasteiger partial charge in [-0.05, 0) is 18.9 Å². The maximum atomic E-state index is 12.3. The molecule has 4 nitrogen and oxygen atoms in total. The van der Waals surface area contributed by atoms with Crippen LogP contribution in [0.4, 0.5) is 5.69 Å². The summed E-state index contributed by atoms with van der Waals surface area (Å²) < 4.78 is 0.947.